The fourth-order valence-corrected chi connectivity index (χ4v) is 2.12. The number of hydrogen-bond acceptors (Lipinski definition) is 4. The molecule has 0 saturated carbocycles. The first-order chi connectivity index (χ1) is 10.2. The number of nitrogens with zero attached hydrogens (tertiary/aromatic N) is 3. The molecule has 0 aliphatic heterocycles. The van der Waals surface area contributed by atoms with Crippen LogP contribution in [-0.4, -0.2) is 25.7 Å². The molecule has 6 nitrogen and oxygen atoms in total. The Morgan fingerprint density at radius 1 is 1.24 bits per heavy atom. The van der Waals surface area contributed by atoms with Gasteiger partial charge in [0.25, 0.3) is 0 Å². The summed E-state index contributed by atoms with van der Waals surface area (Å²) in [5.41, 5.74) is 0.372. The smallest absolute Gasteiger partial charge is 0.339 e. The number of aromatic nitrogens is 3. The molecule has 0 aliphatic rings. The number of carboxylic acid groups (broad SMARTS) is 1. The number of fused-ring (bicyclic) bond motifs is 1. The van der Waals surface area contributed by atoms with Crippen LogP contribution >= 0.6 is 11.6 Å². The summed E-state index contributed by atoms with van der Waals surface area (Å²) in [5.74, 6) is -0.0232. The molecule has 7 heteroatoms. The average molecular weight is 304 g/mol. The summed E-state index contributed by atoms with van der Waals surface area (Å²) < 4.78 is 7.17. The van der Waals surface area contributed by atoms with Gasteiger partial charge in [-0.15, -0.1) is 10.2 Å². The minimum atomic E-state index is -1.05. The van der Waals surface area contributed by atoms with Crippen molar-refractivity contribution in [3.8, 4) is 5.75 Å². The third-order valence-corrected chi connectivity index (χ3v) is 3.24. The Morgan fingerprint density at radius 2 is 2.05 bits per heavy atom. The van der Waals surface area contributed by atoms with E-state index in [2.05, 4.69) is 10.2 Å². The van der Waals surface area contributed by atoms with Crippen molar-refractivity contribution in [3.05, 3.63) is 59.0 Å². The normalized spacial score (nSPS) is 10.7. The lowest BCUT2D eigenvalue weighted by molar-refractivity contribution is 0.0698. The van der Waals surface area contributed by atoms with Gasteiger partial charge in [0.1, 0.15) is 17.9 Å². The van der Waals surface area contributed by atoms with E-state index >= 15 is 0 Å². The summed E-state index contributed by atoms with van der Waals surface area (Å²) in [6.45, 7) is 0.133. The Balaban J connectivity index is 1.90. The predicted molar refractivity (Wildman–Crippen MR) is 75.7 cm³/mol. The van der Waals surface area contributed by atoms with Crippen molar-refractivity contribution in [2.24, 2.45) is 0 Å². The molecule has 0 aliphatic carbocycles. The van der Waals surface area contributed by atoms with E-state index in [9.17, 15) is 4.79 Å². The molecule has 1 N–H and O–H groups in total. The number of para-hydroxylation sites is 1. The average Bonchev–Trinajstić information content (AvgIpc) is 2.89. The Morgan fingerprint density at radius 3 is 2.81 bits per heavy atom. The van der Waals surface area contributed by atoms with Crippen molar-refractivity contribution in [2.45, 2.75) is 6.61 Å². The molecule has 1 aromatic carbocycles. The lowest BCUT2D eigenvalue weighted by Crippen LogP contribution is -2.04. The number of carboxylic acids is 1. The van der Waals surface area contributed by atoms with Gasteiger partial charge >= 0.3 is 5.97 Å². The van der Waals surface area contributed by atoms with Crippen molar-refractivity contribution in [2.75, 3.05) is 0 Å². The molecule has 106 valence electrons. The van der Waals surface area contributed by atoms with Crippen LogP contribution in [0.5, 0.6) is 5.75 Å². The molecule has 0 unspecified atom stereocenters. The molecule has 0 amide bonds. The number of aromatic carboxylic acids is 1. The highest BCUT2D eigenvalue weighted by molar-refractivity contribution is 6.32. The maximum absolute atomic E-state index is 11.1. The number of rotatable bonds is 4. The summed E-state index contributed by atoms with van der Waals surface area (Å²) in [6.07, 6.45) is 1.69. The van der Waals surface area contributed by atoms with Gasteiger partial charge in [0.15, 0.2) is 11.5 Å². The van der Waals surface area contributed by atoms with Crippen LogP contribution in [0.4, 0.5) is 0 Å². The van der Waals surface area contributed by atoms with Crippen molar-refractivity contribution >= 4 is 23.2 Å². The Hall–Kier alpha value is -2.60. The molecular formula is C14H10ClN3O3. The molecule has 0 bridgehead atoms. The second-order valence-corrected chi connectivity index (χ2v) is 4.66. The minimum Gasteiger partial charge on any atom is -0.484 e. The van der Waals surface area contributed by atoms with Crippen LogP contribution in [-0.2, 0) is 6.61 Å². The molecular weight excluding hydrogens is 294 g/mol. The topological polar surface area (TPSA) is 76.7 Å². The van der Waals surface area contributed by atoms with Gasteiger partial charge < -0.3 is 9.84 Å². The Kier molecular flexibility index (Phi) is 3.45. The van der Waals surface area contributed by atoms with Gasteiger partial charge in [-0.25, -0.2) is 4.79 Å². The first-order valence-electron chi connectivity index (χ1n) is 6.10. The number of carbonyl (C=O) groups is 1. The monoisotopic (exact) mass is 303 g/mol. The lowest BCUT2D eigenvalue weighted by Gasteiger charge is -2.06. The fourth-order valence-electron chi connectivity index (χ4n) is 1.93. The van der Waals surface area contributed by atoms with Gasteiger partial charge in [-0.05, 0) is 24.3 Å². The van der Waals surface area contributed by atoms with E-state index in [1.165, 1.54) is 6.07 Å². The third kappa shape index (κ3) is 2.53. The van der Waals surface area contributed by atoms with Crippen LogP contribution in [0.3, 0.4) is 0 Å². The molecule has 3 aromatic rings. The first-order valence-corrected chi connectivity index (χ1v) is 6.48. The van der Waals surface area contributed by atoms with E-state index in [-0.39, 0.29) is 17.8 Å². The number of benzene rings is 1. The van der Waals surface area contributed by atoms with Gasteiger partial charge in [0.2, 0.25) is 0 Å². The Bertz CT molecular complexity index is 816. The molecule has 3 rings (SSSR count). The number of pyridine rings is 1. The molecule has 0 saturated heterocycles. The summed E-state index contributed by atoms with van der Waals surface area (Å²) in [6, 6.07) is 10.2. The van der Waals surface area contributed by atoms with Gasteiger partial charge in [0, 0.05) is 6.20 Å². The standard InChI is InChI=1S/C14H10ClN3O3/c15-10-5-1-2-6-11(10)21-8-12-16-17-13-9(14(19)20)4-3-7-18(12)13/h1-7H,8H2,(H,19,20). The molecule has 2 aromatic heterocycles. The number of hydrogen-bond donors (Lipinski definition) is 1. The van der Waals surface area contributed by atoms with Gasteiger partial charge in [0.05, 0.1) is 5.02 Å². The SMILES string of the molecule is O=C(O)c1cccn2c(COc3ccccc3Cl)nnc12. The highest BCUT2D eigenvalue weighted by Crippen LogP contribution is 2.24. The van der Waals surface area contributed by atoms with Crippen LogP contribution in [0.1, 0.15) is 16.2 Å². The number of halogens is 1. The van der Waals surface area contributed by atoms with E-state index in [0.29, 0.717) is 16.6 Å². The zero-order valence-corrected chi connectivity index (χ0v) is 11.5. The second kappa shape index (κ2) is 5.41. The highest BCUT2D eigenvalue weighted by atomic mass is 35.5. The summed E-state index contributed by atoms with van der Waals surface area (Å²) in [4.78, 5) is 11.1. The predicted octanol–water partition coefficient (Wildman–Crippen LogP) is 2.66. The maximum Gasteiger partial charge on any atom is 0.339 e. The first kappa shape index (κ1) is 13.4. The van der Waals surface area contributed by atoms with E-state index in [1.807, 2.05) is 6.07 Å². The zero-order valence-electron chi connectivity index (χ0n) is 10.7. The zero-order chi connectivity index (χ0) is 14.8. The Labute approximate surface area is 124 Å². The third-order valence-electron chi connectivity index (χ3n) is 2.93. The molecule has 0 fully saturated rings. The van der Waals surface area contributed by atoms with Crippen molar-refractivity contribution in [1.82, 2.24) is 14.6 Å². The molecule has 0 radical (unpaired) electrons. The highest BCUT2D eigenvalue weighted by Gasteiger charge is 2.14. The number of ether oxygens (including phenoxy) is 1. The van der Waals surface area contributed by atoms with Crippen LogP contribution < -0.4 is 4.74 Å². The van der Waals surface area contributed by atoms with Crippen LogP contribution in [0, 0.1) is 0 Å². The molecule has 2 heterocycles. The van der Waals surface area contributed by atoms with E-state index in [4.69, 9.17) is 21.4 Å². The van der Waals surface area contributed by atoms with E-state index in [0.717, 1.165) is 0 Å². The summed E-state index contributed by atoms with van der Waals surface area (Å²) in [7, 11) is 0. The largest absolute Gasteiger partial charge is 0.484 e. The summed E-state index contributed by atoms with van der Waals surface area (Å²) >= 11 is 6.00. The van der Waals surface area contributed by atoms with Crippen LogP contribution in [0.15, 0.2) is 42.6 Å². The van der Waals surface area contributed by atoms with Gasteiger partial charge in [-0.1, -0.05) is 23.7 Å². The van der Waals surface area contributed by atoms with Crippen molar-refractivity contribution < 1.29 is 14.6 Å². The molecule has 0 spiro atoms. The van der Waals surface area contributed by atoms with E-state index < -0.39 is 5.97 Å². The van der Waals surface area contributed by atoms with Crippen molar-refractivity contribution in [3.63, 3.8) is 0 Å². The van der Waals surface area contributed by atoms with Gasteiger partial charge in [-0.2, -0.15) is 0 Å². The lowest BCUT2D eigenvalue weighted by atomic mass is 10.3. The van der Waals surface area contributed by atoms with E-state index in [1.54, 1.807) is 34.9 Å². The fraction of sp³-hybridized carbons (Fsp3) is 0.0714. The molecule has 0 atom stereocenters. The summed E-state index contributed by atoms with van der Waals surface area (Å²) in [5, 5.41) is 17.5. The van der Waals surface area contributed by atoms with Crippen LogP contribution in [0.2, 0.25) is 5.02 Å². The van der Waals surface area contributed by atoms with Gasteiger partial charge in [-0.3, -0.25) is 4.40 Å². The minimum absolute atomic E-state index is 0.0917. The quantitative estimate of drug-likeness (QED) is 0.802. The second-order valence-electron chi connectivity index (χ2n) is 4.26. The maximum atomic E-state index is 11.1. The van der Waals surface area contributed by atoms with Crippen LogP contribution in [0.25, 0.3) is 5.65 Å². The van der Waals surface area contributed by atoms with Crippen molar-refractivity contribution in [1.29, 1.82) is 0 Å². The molecule has 21 heavy (non-hydrogen) atoms.